The zero-order chi connectivity index (χ0) is 10.8. The first-order chi connectivity index (χ1) is 7.22. The van der Waals surface area contributed by atoms with Gasteiger partial charge in [-0.3, -0.25) is 0 Å². The number of carboxylic acid groups (broad SMARTS) is 1. The second-order valence-electron chi connectivity index (χ2n) is 3.30. The zero-order valence-corrected chi connectivity index (χ0v) is 8.66. The van der Waals surface area contributed by atoms with Gasteiger partial charge in [0.05, 0.1) is 5.56 Å². The fourth-order valence-corrected chi connectivity index (χ4v) is 1.78. The number of carbonyl (C=O) groups is 1. The van der Waals surface area contributed by atoms with Gasteiger partial charge in [-0.2, -0.15) is 0 Å². The van der Waals surface area contributed by atoms with E-state index in [1.165, 1.54) is 0 Å². The van der Waals surface area contributed by atoms with E-state index in [0.29, 0.717) is 11.4 Å². The molecule has 0 spiro atoms. The fourth-order valence-electron chi connectivity index (χ4n) is 1.63. The van der Waals surface area contributed by atoms with Crippen molar-refractivity contribution in [1.29, 1.82) is 0 Å². The van der Waals surface area contributed by atoms with Crippen molar-refractivity contribution in [3.63, 3.8) is 0 Å². The van der Waals surface area contributed by atoms with E-state index in [1.807, 2.05) is 24.3 Å². The third kappa shape index (κ3) is 1.81. The van der Waals surface area contributed by atoms with Crippen LogP contribution in [0.15, 0.2) is 36.4 Å². The molecule has 0 atom stereocenters. The van der Waals surface area contributed by atoms with Crippen molar-refractivity contribution < 1.29 is 9.90 Å². The largest absolute Gasteiger partial charge is 0.478 e. The van der Waals surface area contributed by atoms with Crippen molar-refractivity contribution in [2.24, 2.45) is 0 Å². The minimum absolute atomic E-state index is 0.309. The van der Waals surface area contributed by atoms with Gasteiger partial charge in [0.15, 0.2) is 0 Å². The van der Waals surface area contributed by atoms with E-state index in [0.717, 1.165) is 16.3 Å². The summed E-state index contributed by atoms with van der Waals surface area (Å²) in [5, 5.41) is 10.7. The summed E-state index contributed by atoms with van der Waals surface area (Å²) in [7, 11) is 0. The summed E-state index contributed by atoms with van der Waals surface area (Å²) in [6.07, 6.45) is 0. The molecule has 0 aromatic heterocycles. The summed E-state index contributed by atoms with van der Waals surface area (Å²) in [4.78, 5) is 11.0. The van der Waals surface area contributed by atoms with E-state index < -0.39 is 5.97 Å². The summed E-state index contributed by atoms with van der Waals surface area (Å²) < 4.78 is 0. The van der Waals surface area contributed by atoms with Crippen LogP contribution in [-0.4, -0.2) is 11.1 Å². The average Bonchev–Trinajstić information content (AvgIpc) is 2.27. The molecule has 2 nitrogen and oxygen atoms in total. The van der Waals surface area contributed by atoms with E-state index in [9.17, 15) is 4.79 Å². The Morgan fingerprint density at radius 2 is 2.00 bits per heavy atom. The Bertz CT molecular complexity index is 520. The highest BCUT2D eigenvalue weighted by Crippen LogP contribution is 2.22. The molecule has 0 saturated carbocycles. The third-order valence-electron chi connectivity index (χ3n) is 2.31. The van der Waals surface area contributed by atoms with Gasteiger partial charge >= 0.3 is 5.97 Å². The lowest BCUT2D eigenvalue weighted by atomic mass is 10.0. The van der Waals surface area contributed by atoms with Crippen LogP contribution in [0.2, 0.25) is 0 Å². The van der Waals surface area contributed by atoms with E-state index in [2.05, 4.69) is 0 Å². The number of rotatable bonds is 2. The lowest BCUT2D eigenvalue weighted by Gasteiger charge is -2.04. The first-order valence-corrected chi connectivity index (χ1v) is 5.07. The molecule has 0 bridgehead atoms. The topological polar surface area (TPSA) is 37.3 Å². The van der Waals surface area contributed by atoms with Crippen LogP contribution in [0.25, 0.3) is 10.8 Å². The number of fused-ring (bicyclic) bond motifs is 1. The van der Waals surface area contributed by atoms with Crippen LogP contribution in [-0.2, 0) is 5.88 Å². The van der Waals surface area contributed by atoms with Gasteiger partial charge in [0, 0.05) is 5.88 Å². The summed E-state index contributed by atoms with van der Waals surface area (Å²) in [5.74, 6) is -0.594. The predicted octanol–water partition coefficient (Wildman–Crippen LogP) is 3.28. The highest BCUT2D eigenvalue weighted by atomic mass is 35.5. The monoisotopic (exact) mass is 220 g/mol. The van der Waals surface area contributed by atoms with Gasteiger partial charge in [0.2, 0.25) is 0 Å². The highest BCUT2D eigenvalue weighted by Gasteiger charge is 2.09. The minimum Gasteiger partial charge on any atom is -0.478 e. The van der Waals surface area contributed by atoms with Crippen LogP contribution in [0, 0.1) is 0 Å². The van der Waals surface area contributed by atoms with Crippen molar-refractivity contribution in [1.82, 2.24) is 0 Å². The molecule has 0 amide bonds. The lowest BCUT2D eigenvalue weighted by Crippen LogP contribution is -1.98. The summed E-state index contributed by atoms with van der Waals surface area (Å²) in [6.45, 7) is 0. The molecule has 2 aromatic rings. The van der Waals surface area contributed by atoms with Gasteiger partial charge in [-0.25, -0.2) is 4.79 Å². The maximum Gasteiger partial charge on any atom is 0.336 e. The molecule has 0 fully saturated rings. The number of carboxylic acids is 1. The van der Waals surface area contributed by atoms with Gasteiger partial charge in [-0.1, -0.05) is 24.3 Å². The molecule has 0 aliphatic rings. The number of halogens is 1. The van der Waals surface area contributed by atoms with Crippen LogP contribution in [0.4, 0.5) is 0 Å². The standard InChI is InChI=1S/C12H9ClO2/c13-7-8-5-9-3-1-2-4-10(9)11(6-8)12(14)15/h1-6H,7H2,(H,14,15). The van der Waals surface area contributed by atoms with Crippen LogP contribution >= 0.6 is 11.6 Å². The molecule has 76 valence electrons. The lowest BCUT2D eigenvalue weighted by molar-refractivity contribution is 0.0699. The first kappa shape index (κ1) is 9.99. The van der Waals surface area contributed by atoms with Crippen molar-refractivity contribution >= 4 is 28.3 Å². The van der Waals surface area contributed by atoms with Crippen LogP contribution in [0.5, 0.6) is 0 Å². The van der Waals surface area contributed by atoms with Gasteiger partial charge in [0.25, 0.3) is 0 Å². The van der Waals surface area contributed by atoms with Gasteiger partial charge in [-0.15, -0.1) is 11.6 Å². The van der Waals surface area contributed by atoms with Gasteiger partial charge in [-0.05, 0) is 28.5 Å². The Hall–Kier alpha value is -1.54. The van der Waals surface area contributed by atoms with E-state index in [4.69, 9.17) is 16.7 Å². The normalized spacial score (nSPS) is 10.5. The molecule has 15 heavy (non-hydrogen) atoms. The van der Waals surface area contributed by atoms with Gasteiger partial charge < -0.3 is 5.11 Å². The molecule has 3 heteroatoms. The number of aromatic carboxylic acids is 1. The number of hydrogen-bond acceptors (Lipinski definition) is 1. The van der Waals surface area contributed by atoms with Gasteiger partial charge in [0.1, 0.15) is 0 Å². The Kier molecular flexibility index (Phi) is 2.60. The molecular weight excluding hydrogens is 212 g/mol. The molecular formula is C12H9ClO2. The van der Waals surface area contributed by atoms with Crippen molar-refractivity contribution in [3.8, 4) is 0 Å². The van der Waals surface area contributed by atoms with Crippen LogP contribution in [0.1, 0.15) is 15.9 Å². The maximum absolute atomic E-state index is 11.0. The summed E-state index contributed by atoms with van der Waals surface area (Å²) in [5.41, 5.74) is 1.14. The summed E-state index contributed by atoms with van der Waals surface area (Å²) in [6, 6.07) is 10.9. The quantitative estimate of drug-likeness (QED) is 0.789. The van der Waals surface area contributed by atoms with Crippen molar-refractivity contribution in [2.75, 3.05) is 0 Å². The fraction of sp³-hybridized carbons (Fsp3) is 0.0833. The highest BCUT2D eigenvalue weighted by molar-refractivity contribution is 6.17. The minimum atomic E-state index is -0.918. The molecule has 2 aromatic carbocycles. The second-order valence-corrected chi connectivity index (χ2v) is 3.57. The number of benzene rings is 2. The predicted molar refractivity (Wildman–Crippen MR) is 60.5 cm³/mol. The Morgan fingerprint density at radius 3 is 2.67 bits per heavy atom. The summed E-state index contributed by atoms with van der Waals surface area (Å²) >= 11 is 5.71. The van der Waals surface area contributed by atoms with Crippen molar-refractivity contribution in [3.05, 3.63) is 47.5 Å². The van der Waals surface area contributed by atoms with Crippen molar-refractivity contribution in [2.45, 2.75) is 5.88 Å². The molecule has 0 aliphatic heterocycles. The van der Waals surface area contributed by atoms with Crippen LogP contribution < -0.4 is 0 Å². The average molecular weight is 221 g/mol. The number of alkyl halides is 1. The Balaban J connectivity index is 2.80. The number of hydrogen-bond donors (Lipinski definition) is 1. The molecule has 0 aliphatic carbocycles. The third-order valence-corrected chi connectivity index (χ3v) is 2.61. The molecule has 1 N–H and O–H groups in total. The molecule has 0 unspecified atom stereocenters. The van der Waals surface area contributed by atoms with Crippen LogP contribution in [0.3, 0.4) is 0 Å². The maximum atomic E-state index is 11.0. The van der Waals surface area contributed by atoms with E-state index in [-0.39, 0.29) is 0 Å². The smallest absolute Gasteiger partial charge is 0.336 e. The molecule has 0 saturated heterocycles. The molecule has 0 heterocycles. The Labute approximate surface area is 92.1 Å². The Morgan fingerprint density at radius 1 is 1.27 bits per heavy atom. The zero-order valence-electron chi connectivity index (χ0n) is 7.90. The van der Waals surface area contributed by atoms with E-state index >= 15 is 0 Å². The van der Waals surface area contributed by atoms with E-state index in [1.54, 1.807) is 12.1 Å². The second kappa shape index (κ2) is 3.91. The molecule has 2 rings (SSSR count). The SMILES string of the molecule is O=C(O)c1cc(CCl)cc2ccccc12. The first-order valence-electron chi connectivity index (χ1n) is 4.53. The molecule has 0 radical (unpaired) electrons.